The zero-order valence-electron chi connectivity index (χ0n) is 65.4. The standard InChI is InChI=1S/C28H37N3O5S2.C28H40N2O5S.C27H37N3O5S2/c1-4-20(3)17-31(38(35,36)23-12-13-24-27(16-23)37-19-29-24)18-26(33)25(15-21-9-7-6-8-10-21)30-28(34)14-11-22(32)5-2;1-5-21(3)19-30(36(34,35)25-15-12-22(4)13-16-25)20-27(32)26(18-23-10-8-7-9-11-23)29-28(33)17-14-24(31)6-2;1-3-5-9-14-30(37(34,35)22-12-13-23-26(17-22)36-19-28-23)18-25(32)24(15-20-10-7-6-8-11-20)29-27(33)16-21(31)4-2/h6-10,12-13,16,19-20,25-26,33H,4-5,11,14-15,17-18H2,1-3H3,(H,30,34);7-13,15-16,21,26-27,32H,5-6,14,17-20H2,1-4H3,(H,29,33);6-8,10-13,17,19,21,24-25,31-32H,3-5,9,14-16,18H2,1-2H3,(H,29,33)/t20?,25-,26+;21?,26-,27+;21-,24+,25-/m001/s1. The fourth-order valence-electron chi connectivity index (χ4n) is 12.0. The number of amides is 3. The number of sulfonamides is 3. The summed E-state index contributed by atoms with van der Waals surface area (Å²) >= 11 is 2.74. The molecule has 0 saturated carbocycles. The Bertz CT molecular complexity index is 4520. The lowest BCUT2D eigenvalue weighted by Gasteiger charge is -2.31. The molecule has 0 aliphatic heterocycles. The van der Waals surface area contributed by atoms with Crippen molar-refractivity contribution in [3.05, 3.63) is 185 Å². The Kier molecular flexibility index (Phi) is 38.7. The lowest BCUT2D eigenvalue weighted by molar-refractivity contribution is -0.126. The number of thiazole rings is 2. The van der Waals surface area contributed by atoms with Gasteiger partial charge < -0.3 is 36.4 Å². The first-order valence-electron chi connectivity index (χ1n) is 38.4. The van der Waals surface area contributed by atoms with Crippen LogP contribution in [0, 0.1) is 18.8 Å². The number of unbranched alkanes of at least 4 members (excludes halogenated alkanes) is 2. The van der Waals surface area contributed by atoms with Crippen LogP contribution in [-0.4, -0.2) is 180 Å². The van der Waals surface area contributed by atoms with E-state index < -0.39 is 72.6 Å². The van der Waals surface area contributed by atoms with Crippen LogP contribution in [0.4, 0.5) is 0 Å². The minimum Gasteiger partial charge on any atom is -0.393 e. The van der Waals surface area contributed by atoms with Gasteiger partial charge in [-0.3, -0.25) is 24.0 Å². The minimum atomic E-state index is -3.94. The van der Waals surface area contributed by atoms with Crippen LogP contribution in [0.3, 0.4) is 0 Å². The number of Topliss-reactive ketones (excluding diaryl/α,β-unsaturated/α-hetero) is 2. The van der Waals surface area contributed by atoms with Gasteiger partial charge in [0.1, 0.15) is 11.6 Å². The third-order valence-corrected chi connectivity index (χ3v) is 26.5. The number of benzene rings is 6. The summed E-state index contributed by atoms with van der Waals surface area (Å²) in [6.45, 7) is 17.4. The predicted molar refractivity (Wildman–Crippen MR) is 439 cm³/mol. The molecule has 3 amide bonds. The fourth-order valence-corrected chi connectivity index (χ4v) is 18.3. The number of rotatable bonds is 45. The predicted octanol–water partition coefficient (Wildman–Crippen LogP) is 11.8. The molecule has 0 saturated heterocycles. The molecular weight excluding hydrogens is 1510 g/mol. The topological polar surface area (TPSA) is 340 Å². The third kappa shape index (κ3) is 30.0. The number of ketones is 2. The number of aromatic nitrogens is 2. The number of hydrogen-bond donors (Lipinski definition) is 7. The first kappa shape index (κ1) is 92.3. The maximum Gasteiger partial charge on any atom is 0.243 e. The molecule has 2 aromatic heterocycles. The van der Waals surface area contributed by atoms with E-state index in [4.69, 9.17) is 0 Å². The van der Waals surface area contributed by atoms with Crippen molar-refractivity contribution >= 4 is 102 Å². The average Bonchev–Trinajstić information content (AvgIpc) is 1.74. The lowest BCUT2D eigenvalue weighted by atomic mass is 10.00. The maximum absolute atomic E-state index is 13.8. The normalized spacial score (nSPS) is 14.4. The SMILES string of the molecule is CCC(=O)CCC(=O)N[C@@H](Cc1ccccc1)[C@H](O)CN(CC(C)CC)S(=O)(=O)c1ccc(C)cc1.CCC(=O)CCC(=O)N[C@@H](Cc1ccccc1)[C@H](O)CN(CC(C)CC)S(=O)(=O)c1ccc2ncsc2c1.CCCCCN(C[C@@H](O)[C@H](Cc1ccccc1)NC(=O)C[C@H](O)CC)S(=O)(=O)c1ccc2ncsc2c1. The zero-order valence-corrected chi connectivity index (χ0v) is 69.5. The number of aryl methyl sites for hydroxylation is 1. The van der Waals surface area contributed by atoms with E-state index in [9.17, 15) is 69.7 Å². The highest BCUT2D eigenvalue weighted by atomic mass is 32.2. The van der Waals surface area contributed by atoms with Crippen LogP contribution >= 0.6 is 22.7 Å². The van der Waals surface area contributed by atoms with E-state index in [2.05, 4.69) is 25.9 Å². The molecule has 0 aliphatic carbocycles. The monoisotopic (exact) mass is 1620 g/mol. The molecule has 0 aliphatic rings. The first-order chi connectivity index (χ1) is 52.9. The number of carbonyl (C=O) groups is 5. The summed E-state index contributed by atoms with van der Waals surface area (Å²) in [6, 6.07) is 42.4. The van der Waals surface area contributed by atoms with E-state index in [0.29, 0.717) is 44.9 Å². The Balaban J connectivity index is 0.000000260. The Morgan fingerprint density at radius 2 is 0.793 bits per heavy atom. The number of aliphatic hydroxyl groups excluding tert-OH is 4. The number of aliphatic hydroxyl groups is 4. The van der Waals surface area contributed by atoms with Gasteiger partial charge in [-0.25, -0.2) is 35.2 Å². The molecular formula is C83H114N8O15S5. The molecule has 28 heteroatoms. The molecule has 2 unspecified atom stereocenters. The molecule has 0 radical (unpaired) electrons. The van der Waals surface area contributed by atoms with Crippen molar-refractivity contribution < 1.29 is 69.7 Å². The molecule has 0 spiro atoms. The van der Waals surface area contributed by atoms with Crippen LogP contribution in [0.1, 0.15) is 161 Å². The summed E-state index contributed by atoms with van der Waals surface area (Å²) in [5.74, 6) is -0.944. The molecule has 0 bridgehead atoms. The molecule has 111 heavy (non-hydrogen) atoms. The lowest BCUT2D eigenvalue weighted by Crippen LogP contribution is -2.51. The van der Waals surface area contributed by atoms with Crippen molar-refractivity contribution in [2.24, 2.45) is 11.8 Å². The number of nitrogens with zero attached hydrogens (tertiary/aromatic N) is 5. The van der Waals surface area contributed by atoms with Crippen LogP contribution in [0.5, 0.6) is 0 Å². The van der Waals surface area contributed by atoms with Crippen LogP contribution in [0.2, 0.25) is 0 Å². The van der Waals surface area contributed by atoms with E-state index >= 15 is 0 Å². The van der Waals surface area contributed by atoms with Gasteiger partial charge in [0.15, 0.2) is 0 Å². The van der Waals surface area contributed by atoms with E-state index in [1.165, 1.54) is 35.6 Å². The summed E-state index contributed by atoms with van der Waals surface area (Å²) in [6.07, 6.45) is 2.11. The van der Waals surface area contributed by atoms with Gasteiger partial charge >= 0.3 is 0 Å². The molecule has 606 valence electrons. The van der Waals surface area contributed by atoms with Crippen LogP contribution in [0.15, 0.2) is 177 Å². The Hall–Kier alpha value is -7.58. The molecule has 6 aromatic carbocycles. The van der Waals surface area contributed by atoms with Gasteiger partial charge in [0.2, 0.25) is 47.8 Å². The van der Waals surface area contributed by atoms with Crippen molar-refractivity contribution in [2.75, 3.05) is 39.3 Å². The molecule has 7 N–H and O–H groups in total. The molecule has 23 nitrogen and oxygen atoms in total. The second-order valence-corrected chi connectivity index (χ2v) is 35.9. The first-order valence-corrected chi connectivity index (χ1v) is 44.5. The van der Waals surface area contributed by atoms with E-state index in [-0.39, 0.29) is 127 Å². The quantitative estimate of drug-likeness (QED) is 0.0174. The molecule has 0 fully saturated rings. The van der Waals surface area contributed by atoms with Gasteiger partial charge in [0.05, 0.1) is 95.1 Å². The minimum absolute atomic E-state index is 0.00534. The number of carbonyl (C=O) groups excluding carboxylic acids is 5. The second kappa shape index (κ2) is 46.6. The van der Waals surface area contributed by atoms with Gasteiger partial charge in [0, 0.05) is 77.8 Å². The highest BCUT2D eigenvalue weighted by molar-refractivity contribution is 7.89. The highest BCUT2D eigenvalue weighted by Gasteiger charge is 2.36. The number of hydrogen-bond acceptors (Lipinski definition) is 19. The van der Waals surface area contributed by atoms with Crippen molar-refractivity contribution in [2.45, 2.75) is 222 Å². The molecule has 8 aromatic rings. The number of fused-ring (bicyclic) bond motifs is 2. The van der Waals surface area contributed by atoms with Gasteiger partial charge in [-0.15, -0.1) is 22.7 Å². The smallest absolute Gasteiger partial charge is 0.243 e. The number of nitrogens with one attached hydrogen (secondary N) is 3. The maximum atomic E-state index is 13.8. The van der Waals surface area contributed by atoms with Crippen LogP contribution < -0.4 is 16.0 Å². The van der Waals surface area contributed by atoms with E-state index in [0.717, 1.165) is 68.4 Å². The van der Waals surface area contributed by atoms with E-state index in [1.54, 1.807) is 92.5 Å². The summed E-state index contributed by atoms with van der Waals surface area (Å²) in [7, 11) is -11.7. The second-order valence-electron chi connectivity index (χ2n) is 28.4. The fraction of sp³-hybridized carbons (Fsp3) is 0.482. The van der Waals surface area contributed by atoms with Gasteiger partial charge in [-0.2, -0.15) is 12.9 Å². The third-order valence-electron chi connectivity index (χ3n) is 19.4. The van der Waals surface area contributed by atoms with Crippen molar-refractivity contribution in [1.29, 1.82) is 0 Å². The molecule has 2 heterocycles. The van der Waals surface area contributed by atoms with Crippen LogP contribution in [0.25, 0.3) is 20.4 Å². The highest BCUT2D eigenvalue weighted by Crippen LogP contribution is 2.29. The van der Waals surface area contributed by atoms with Crippen molar-refractivity contribution in [1.82, 2.24) is 38.8 Å². The van der Waals surface area contributed by atoms with Crippen molar-refractivity contribution in [3.8, 4) is 0 Å². The zero-order chi connectivity index (χ0) is 81.3. The largest absolute Gasteiger partial charge is 0.393 e. The summed E-state index contributed by atoms with van der Waals surface area (Å²) in [5.41, 5.74) is 8.47. The molecule has 8 rings (SSSR count). The van der Waals surface area contributed by atoms with Gasteiger partial charge in [-0.1, -0.05) is 190 Å². The summed E-state index contributed by atoms with van der Waals surface area (Å²) in [5, 5.41) is 52.4. The Labute approximate surface area is 664 Å². The van der Waals surface area contributed by atoms with Crippen molar-refractivity contribution in [3.63, 3.8) is 0 Å². The van der Waals surface area contributed by atoms with Gasteiger partial charge in [-0.05, 0) is 116 Å². The Morgan fingerprint density at radius 3 is 1.16 bits per heavy atom. The van der Waals surface area contributed by atoms with Gasteiger partial charge in [0.25, 0.3) is 0 Å². The molecule has 9 atom stereocenters. The average molecular weight is 1620 g/mol. The van der Waals surface area contributed by atoms with Crippen LogP contribution in [-0.2, 0) is 73.3 Å². The Morgan fingerprint density at radius 1 is 0.432 bits per heavy atom. The van der Waals surface area contributed by atoms with E-state index in [1.807, 2.05) is 133 Å². The summed E-state index contributed by atoms with van der Waals surface area (Å²) in [4.78, 5) is 70.2. The summed E-state index contributed by atoms with van der Waals surface area (Å²) < 4.78 is 87.5.